The molecule has 0 fully saturated rings. The van der Waals surface area contributed by atoms with E-state index in [4.69, 9.17) is 4.74 Å². The fourth-order valence-electron chi connectivity index (χ4n) is 3.87. The largest absolute Gasteiger partial charge is 0.497 e. The van der Waals surface area contributed by atoms with Crippen LogP contribution in [0.15, 0.2) is 79.5 Å². The lowest BCUT2D eigenvalue weighted by atomic mass is 10.0. The molecule has 0 saturated heterocycles. The average Bonchev–Trinajstić information content (AvgIpc) is 3.58. The van der Waals surface area contributed by atoms with Crippen LogP contribution < -0.4 is 10.1 Å². The molecule has 172 valence electrons. The maximum atomic E-state index is 12.8. The average molecular weight is 464 g/mol. The SMILES string of the molecule is COc1ccc(NC(=O)c2cccc(CC(C#N)n3cc(-c4ncnc5[nH]ccc45)cn3)c2)cc1. The number of nitrogens with one attached hydrogen (secondary N) is 2. The molecular weight excluding hydrogens is 442 g/mol. The summed E-state index contributed by atoms with van der Waals surface area (Å²) in [7, 11) is 1.59. The van der Waals surface area contributed by atoms with Crippen molar-refractivity contribution in [3.8, 4) is 23.1 Å². The summed E-state index contributed by atoms with van der Waals surface area (Å²) >= 11 is 0. The van der Waals surface area contributed by atoms with Crippen molar-refractivity contribution < 1.29 is 9.53 Å². The van der Waals surface area contributed by atoms with Gasteiger partial charge in [-0.15, -0.1) is 0 Å². The quantitative estimate of drug-likeness (QED) is 0.369. The molecule has 0 aliphatic carbocycles. The minimum atomic E-state index is -0.549. The third-order valence-corrected chi connectivity index (χ3v) is 5.66. The van der Waals surface area contributed by atoms with Gasteiger partial charge < -0.3 is 15.0 Å². The maximum Gasteiger partial charge on any atom is 0.255 e. The van der Waals surface area contributed by atoms with Crippen LogP contribution in [0.3, 0.4) is 0 Å². The summed E-state index contributed by atoms with van der Waals surface area (Å²) in [6, 6.07) is 18.0. The highest BCUT2D eigenvalue weighted by Crippen LogP contribution is 2.26. The van der Waals surface area contributed by atoms with Crippen LogP contribution in [0.5, 0.6) is 5.75 Å². The van der Waals surface area contributed by atoms with Crippen molar-refractivity contribution in [2.45, 2.75) is 12.5 Å². The summed E-state index contributed by atoms with van der Waals surface area (Å²) < 4.78 is 6.77. The monoisotopic (exact) mass is 463 g/mol. The van der Waals surface area contributed by atoms with Crippen molar-refractivity contribution in [3.05, 3.63) is 90.6 Å². The molecule has 2 N–H and O–H groups in total. The highest BCUT2D eigenvalue weighted by atomic mass is 16.5. The molecule has 1 atom stereocenters. The molecule has 0 aliphatic heterocycles. The standard InChI is InChI=1S/C26H21N7O2/c1-35-22-7-5-20(6-8-22)32-26(34)18-4-2-3-17(11-18)12-21(13-27)33-15-19(14-31-33)24-23-9-10-28-25(23)30-16-29-24/h2-11,14-16,21H,12H2,1H3,(H,32,34)(H,28,29,30). The van der Waals surface area contributed by atoms with E-state index in [1.165, 1.54) is 6.33 Å². The Labute approximate surface area is 201 Å². The summed E-state index contributed by atoms with van der Waals surface area (Å²) in [5, 5.41) is 18.0. The number of nitriles is 1. The van der Waals surface area contributed by atoms with Crippen molar-refractivity contribution in [3.63, 3.8) is 0 Å². The molecule has 3 aromatic heterocycles. The van der Waals surface area contributed by atoms with Crippen molar-refractivity contribution in [1.82, 2.24) is 24.7 Å². The van der Waals surface area contributed by atoms with E-state index in [0.29, 0.717) is 23.4 Å². The van der Waals surface area contributed by atoms with E-state index < -0.39 is 6.04 Å². The lowest BCUT2D eigenvalue weighted by Crippen LogP contribution is -2.13. The zero-order valence-electron chi connectivity index (χ0n) is 18.8. The van der Waals surface area contributed by atoms with Crippen molar-refractivity contribution in [2.24, 2.45) is 0 Å². The van der Waals surface area contributed by atoms with Gasteiger partial charge in [-0.2, -0.15) is 10.4 Å². The number of carbonyl (C=O) groups is 1. The van der Waals surface area contributed by atoms with Crippen LogP contribution in [0.1, 0.15) is 22.0 Å². The molecule has 0 aliphatic rings. The molecule has 35 heavy (non-hydrogen) atoms. The van der Waals surface area contributed by atoms with Gasteiger partial charge in [-0.1, -0.05) is 12.1 Å². The van der Waals surface area contributed by atoms with Gasteiger partial charge in [0.1, 0.15) is 23.8 Å². The zero-order valence-corrected chi connectivity index (χ0v) is 18.8. The number of hydrogen-bond donors (Lipinski definition) is 2. The predicted octanol–water partition coefficient (Wildman–Crippen LogP) is 4.39. The number of ether oxygens (including phenoxy) is 1. The number of hydrogen-bond acceptors (Lipinski definition) is 6. The normalized spacial score (nSPS) is 11.7. The molecule has 0 saturated carbocycles. The Hall–Kier alpha value is -4.97. The summed E-state index contributed by atoms with van der Waals surface area (Å²) in [5.41, 5.74) is 4.31. The number of fused-ring (bicyclic) bond motifs is 1. The molecule has 5 aromatic rings. The lowest BCUT2D eigenvalue weighted by molar-refractivity contribution is 0.102. The van der Waals surface area contributed by atoms with Crippen LogP contribution in [-0.4, -0.2) is 37.7 Å². The number of carbonyl (C=O) groups excluding carboxylic acids is 1. The molecule has 0 bridgehead atoms. The summed E-state index contributed by atoms with van der Waals surface area (Å²) in [6.45, 7) is 0. The van der Waals surface area contributed by atoms with Gasteiger partial charge in [0.15, 0.2) is 0 Å². The number of aromatic amines is 1. The topological polar surface area (TPSA) is 122 Å². The lowest BCUT2D eigenvalue weighted by Gasteiger charge is -2.11. The number of amides is 1. The molecule has 1 unspecified atom stereocenters. The van der Waals surface area contributed by atoms with Crippen LogP contribution in [0.25, 0.3) is 22.3 Å². The second-order valence-electron chi connectivity index (χ2n) is 7.90. The smallest absolute Gasteiger partial charge is 0.255 e. The van der Waals surface area contributed by atoms with Gasteiger partial charge in [0, 0.05) is 41.0 Å². The molecule has 1 amide bonds. The highest BCUT2D eigenvalue weighted by molar-refractivity contribution is 6.04. The fraction of sp³-hybridized carbons (Fsp3) is 0.115. The first-order valence-electron chi connectivity index (χ1n) is 10.9. The van der Waals surface area contributed by atoms with Gasteiger partial charge in [-0.3, -0.25) is 9.48 Å². The van der Waals surface area contributed by atoms with Crippen LogP contribution in [0.2, 0.25) is 0 Å². The maximum absolute atomic E-state index is 12.8. The molecule has 0 spiro atoms. The highest BCUT2D eigenvalue weighted by Gasteiger charge is 2.16. The predicted molar refractivity (Wildman–Crippen MR) is 131 cm³/mol. The zero-order chi connectivity index (χ0) is 24.2. The van der Waals surface area contributed by atoms with Crippen LogP contribution in [0, 0.1) is 11.3 Å². The van der Waals surface area contributed by atoms with Crippen molar-refractivity contribution in [2.75, 3.05) is 12.4 Å². The van der Waals surface area contributed by atoms with Gasteiger partial charge in [-0.25, -0.2) is 9.97 Å². The first-order valence-corrected chi connectivity index (χ1v) is 10.9. The van der Waals surface area contributed by atoms with E-state index in [2.05, 4.69) is 31.4 Å². The van der Waals surface area contributed by atoms with E-state index in [-0.39, 0.29) is 5.91 Å². The van der Waals surface area contributed by atoms with E-state index in [0.717, 1.165) is 27.9 Å². The Morgan fingerprint density at radius 3 is 2.86 bits per heavy atom. The fourth-order valence-corrected chi connectivity index (χ4v) is 3.87. The second-order valence-corrected chi connectivity index (χ2v) is 7.90. The van der Waals surface area contributed by atoms with Crippen molar-refractivity contribution in [1.29, 1.82) is 5.26 Å². The molecule has 5 rings (SSSR count). The summed E-state index contributed by atoms with van der Waals surface area (Å²) in [4.78, 5) is 24.4. The first kappa shape index (κ1) is 21.9. The van der Waals surface area contributed by atoms with Gasteiger partial charge in [0.2, 0.25) is 0 Å². The molecule has 2 aromatic carbocycles. The number of methoxy groups -OCH3 is 1. The van der Waals surface area contributed by atoms with E-state index >= 15 is 0 Å². The third kappa shape index (κ3) is 4.58. The molecular formula is C26H21N7O2. The summed E-state index contributed by atoms with van der Waals surface area (Å²) in [5.74, 6) is 0.484. The van der Waals surface area contributed by atoms with Crippen molar-refractivity contribution >= 4 is 22.6 Å². The van der Waals surface area contributed by atoms with Crippen LogP contribution in [0.4, 0.5) is 5.69 Å². The van der Waals surface area contributed by atoms with Gasteiger partial charge in [0.25, 0.3) is 5.91 Å². The van der Waals surface area contributed by atoms with Crippen LogP contribution in [-0.2, 0) is 6.42 Å². The molecule has 9 nitrogen and oxygen atoms in total. The Bertz CT molecular complexity index is 1530. The Morgan fingerprint density at radius 2 is 2.06 bits per heavy atom. The molecule has 3 heterocycles. The number of nitrogens with zero attached hydrogens (tertiary/aromatic N) is 5. The molecule has 9 heteroatoms. The Kier molecular flexibility index (Phi) is 5.92. The van der Waals surface area contributed by atoms with E-state index in [1.54, 1.807) is 54.4 Å². The number of anilines is 1. The number of aromatic nitrogens is 5. The molecule has 0 radical (unpaired) electrons. The van der Waals surface area contributed by atoms with E-state index in [9.17, 15) is 10.1 Å². The first-order chi connectivity index (χ1) is 17.1. The second kappa shape index (κ2) is 9.49. The summed E-state index contributed by atoms with van der Waals surface area (Å²) in [6.07, 6.45) is 7.20. The minimum absolute atomic E-state index is 0.230. The minimum Gasteiger partial charge on any atom is -0.497 e. The number of rotatable bonds is 7. The Morgan fingerprint density at radius 1 is 1.20 bits per heavy atom. The van der Waals surface area contributed by atoms with E-state index in [1.807, 2.05) is 30.6 Å². The van der Waals surface area contributed by atoms with Crippen LogP contribution >= 0.6 is 0 Å². The van der Waals surface area contributed by atoms with Gasteiger partial charge >= 0.3 is 0 Å². The third-order valence-electron chi connectivity index (χ3n) is 5.66. The Balaban J connectivity index is 1.32. The van der Waals surface area contributed by atoms with Gasteiger partial charge in [0.05, 0.1) is 25.1 Å². The number of H-pyrrole nitrogens is 1. The number of benzene rings is 2. The van der Waals surface area contributed by atoms with Gasteiger partial charge in [-0.05, 0) is 48.0 Å².